The van der Waals surface area contributed by atoms with E-state index in [1.807, 2.05) is 11.1 Å². The molecule has 6 unspecified atom stereocenters. The van der Waals surface area contributed by atoms with Crippen molar-refractivity contribution in [2.75, 3.05) is 0 Å². The largest absolute Gasteiger partial charge is 0.294 e. The standard InChI is InChI=1S/C21H33N/c1-13-10-15-12-20(2,3)11-14-6-7-17-19(18(14)15)16(13)8-9-21(17,4)22-5/h13,15-17,19H,5-12H2,1-4H3. The van der Waals surface area contributed by atoms with Crippen LogP contribution in [0.25, 0.3) is 0 Å². The molecule has 122 valence electrons. The molecule has 22 heavy (non-hydrogen) atoms. The minimum Gasteiger partial charge on any atom is -0.294 e. The summed E-state index contributed by atoms with van der Waals surface area (Å²) in [5.41, 5.74) is 4.48. The summed E-state index contributed by atoms with van der Waals surface area (Å²) >= 11 is 0. The summed E-state index contributed by atoms with van der Waals surface area (Å²) in [5, 5.41) is 0. The van der Waals surface area contributed by atoms with Crippen molar-refractivity contribution in [2.45, 2.75) is 78.2 Å². The van der Waals surface area contributed by atoms with E-state index >= 15 is 0 Å². The van der Waals surface area contributed by atoms with Crippen LogP contribution in [0.5, 0.6) is 0 Å². The summed E-state index contributed by atoms with van der Waals surface area (Å²) in [4.78, 5) is 4.67. The molecule has 4 aliphatic carbocycles. The number of nitrogens with zero attached hydrogens (tertiary/aromatic N) is 1. The molecule has 1 nitrogen and oxygen atoms in total. The maximum Gasteiger partial charge on any atom is 0.0607 e. The van der Waals surface area contributed by atoms with Crippen molar-refractivity contribution in [3.05, 3.63) is 11.1 Å². The zero-order chi connectivity index (χ0) is 15.7. The summed E-state index contributed by atoms with van der Waals surface area (Å²) in [6, 6.07) is 0. The molecule has 0 radical (unpaired) electrons. The van der Waals surface area contributed by atoms with Crippen LogP contribution in [0.1, 0.15) is 72.6 Å². The summed E-state index contributed by atoms with van der Waals surface area (Å²) in [6.07, 6.45) is 9.60. The Morgan fingerprint density at radius 3 is 2.68 bits per heavy atom. The Kier molecular flexibility index (Phi) is 3.20. The molecule has 6 atom stereocenters. The van der Waals surface area contributed by atoms with Crippen molar-refractivity contribution in [1.29, 1.82) is 0 Å². The summed E-state index contributed by atoms with van der Waals surface area (Å²) in [7, 11) is 0. The molecule has 1 heteroatoms. The van der Waals surface area contributed by atoms with Crippen molar-refractivity contribution in [3.63, 3.8) is 0 Å². The third-order valence-corrected chi connectivity index (χ3v) is 7.88. The third-order valence-electron chi connectivity index (χ3n) is 7.88. The van der Waals surface area contributed by atoms with Crippen LogP contribution in [0.2, 0.25) is 0 Å². The Hall–Kier alpha value is -0.590. The number of allylic oxidation sites excluding steroid dienone is 2. The molecule has 4 aliphatic rings. The van der Waals surface area contributed by atoms with Crippen LogP contribution in [0.3, 0.4) is 0 Å². The predicted molar refractivity (Wildman–Crippen MR) is 94.2 cm³/mol. The lowest BCUT2D eigenvalue weighted by Gasteiger charge is -2.59. The van der Waals surface area contributed by atoms with Crippen molar-refractivity contribution < 1.29 is 0 Å². The van der Waals surface area contributed by atoms with Gasteiger partial charge in [0, 0.05) is 0 Å². The predicted octanol–water partition coefficient (Wildman–Crippen LogP) is 5.65. The second-order valence-corrected chi connectivity index (χ2v) is 9.90. The Labute approximate surface area is 136 Å². The van der Waals surface area contributed by atoms with Crippen LogP contribution in [-0.2, 0) is 0 Å². The molecule has 0 bridgehead atoms. The van der Waals surface area contributed by atoms with Gasteiger partial charge in [-0.25, -0.2) is 0 Å². The van der Waals surface area contributed by atoms with Crippen molar-refractivity contribution >= 4 is 6.72 Å². The lowest BCUT2D eigenvalue weighted by Crippen LogP contribution is -2.53. The van der Waals surface area contributed by atoms with Gasteiger partial charge >= 0.3 is 0 Å². The molecule has 0 spiro atoms. The van der Waals surface area contributed by atoms with Crippen LogP contribution in [0, 0.1) is 35.0 Å². The van der Waals surface area contributed by atoms with Gasteiger partial charge in [0.15, 0.2) is 0 Å². The highest BCUT2D eigenvalue weighted by Gasteiger charge is 2.55. The van der Waals surface area contributed by atoms with Crippen LogP contribution in [-0.4, -0.2) is 12.3 Å². The van der Waals surface area contributed by atoms with E-state index in [-0.39, 0.29) is 5.54 Å². The molecule has 0 aliphatic heterocycles. The second-order valence-electron chi connectivity index (χ2n) is 9.90. The van der Waals surface area contributed by atoms with Crippen LogP contribution >= 0.6 is 0 Å². The fraction of sp³-hybridized carbons (Fsp3) is 0.857. The second kappa shape index (κ2) is 4.71. The zero-order valence-electron chi connectivity index (χ0n) is 15.0. The number of aliphatic imine (C=N–C) groups is 1. The topological polar surface area (TPSA) is 12.4 Å². The number of hydrogen-bond donors (Lipinski definition) is 0. The van der Waals surface area contributed by atoms with Gasteiger partial charge in [0.2, 0.25) is 0 Å². The normalized spacial score (nSPS) is 49.5. The van der Waals surface area contributed by atoms with Gasteiger partial charge in [0.05, 0.1) is 5.54 Å². The Balaban J connectivity index is 1.81. The van der Waals surface area contributed by atoms with E-state index in [1.54, 1.807) is 0 Å². The first kappa shape index (κ1) is 15.0. The third kappa shape index (κ3) is 2.00. The molecular weight excluding hydrogens is 266 g/mol. The van der Waals surface area contributed by atoms with Gasteiger partial charge < -0.3 is 0 Å². The SMILES string of the molecule is C=NC1(C)CCC2C(C)CC3CC(C)(C)CC4=C3C2C1CC4. The number of hydrogen-bond acceptors (Lipinski definition) is 1. The Morgan fingerprint density at radius 2 is 1.95 bits per heavy atom. The highest BCUT2D eigenvalue weighted by Crippen LogP contribution is 2.63. The van der Waals surface area contributed by atoms with Gasteiger partial charge in [-0.15, -0.1) is 0 Å². The van der Waals surface area contributed by atoms with E-state index in [0.717, 1.165) is 29.6 Å². The highest BCUT2D eigenvalue weighted by molar-refractivity contribution is 5.35. The summed E-state index contributed by atoms with van der Waals surface area (Å²) < 4.78 is 0. The molecule has 4 rings (SSSR count). The van der Waals surface area contributed by atoms with E-state index in [9.17, 15) is 0 Å². The van der Waals surface area contributed by atoms with E-state index in [2.05, 4.69) is 39.4 Å². The van der Waals surface area contributed by atoms with Crippen molar-refractivity contribution in [1.82, 2.24) is 0 Å². The lowest BCUT2D eigenvalue weighted by atomic mass is 9.46. The fourth-order valence-electron chi connectivity index (χ4n) is 7.00. The molecule has 0 amide bonds. The van der Waals surface area contributed by atoms with Crippen molar-refractivity contribution in [3.8, 4) is 0 Å². The molecule has 2 saturated carbocycles. The molecule has 0 aromatic carbocycles. The van der Waals surface area contributed by atoms with Gasteiger partial charge in [-0.05, 0) is 93.6 Å². The monoisotopic (exact) mass is 299 g/mol. The molecular formula is C21H33N. The number of rotatable bonds is 1. The van der Waals surface area contributed by atoms with Gasteiger partial charge in [0.1, 0.15) is 0 Å². The minimum atomic E-state index is 0.147. The first-order chi connectivity index (χ1) is 10.3. The maximum atomic E-state index is 4.67. The smallest absolute Gasteiger partial charge is 0.0607 e. The van der Waals surface area contributed by atoms with Gasteiger partial charge in [-0.1, -0.05) is 31.9 Å². The molecule has 0 aromatic rings. The van der Waals surface area contributed by atoms with Gasteiger partial charge in [-0.3, -0.25) is 4.99 Å². The maximum absolute atomic E-state index is 4.67. The van der Waals surface area contributed by atoms with Crippen LogP contribution in [0.4, 0.5) is 0 Å². The summed E-state index contributed by atoms with van der Waals surface area (Å²) in [5.74, 6) is 4.34. The molecule has 0 saturated heterocycles. The minimum absolute atomic E-state index is 0.147. The molecule has 0 aromatic heterocycles. The first-order valence-electron chi connectivity index (χ1n) is 9.54. The lowest BCUT2D eigenvalue weighted by molar-refractivity contribution is 0.00597. The van der Waals surface area contributed by atoms with Gasteiger partial charge in [0.25, 0.3) is 0 Å². The van der Waals surface area contributed by atoms with Gasteiger partial charge in [-0.2, -0.15) is 0 Å². The van der Waals surface area contributed by atoms with Crippen molar-refractivity contribution in [2.24, 2.45) is 40.0 Å². The Bertz CT molecular complexity index is 528. The zero-order valence-corrected chi connectivity index (χ0v) is 15.0. The van der Waals surface area contributed by atoms with Crippen LogP contribution in [0.15, 0.2) is 16.1 Å². The molecule has 2 fully saturated rings. The van der Waals surface area contributed by atoms with E-state index in [0.29, 0.717) is 5.41 Å². The average Bonchev–Trinajstić information content (AvgIpc) is 2.45. The molecule has 0 N–H and O–H groups in total. The average molecular weight is 300 g/mol. The quantitative estimate of drug-likeness (QED) is 0.438. The Morgan fingerprint density at radius 1 is 1.18 bits per heavy atom. The molecule has 0 heterocycles. The summed E-state index contributed by atoms with van der Waals surface area (Å²) in [6.45, 7) is 13.9. The highest BCUT2D eigenvalue weighted by atomic mass is 14.9. The fourth-order valence-corrected chi connectivity index (χ4v) is 7.00. The van der Waals surface area contributed by atoms with E-state index < -0.39 is 0 Å². The van der Waals surface area contributed by atoms with E-state index in [1.165, 1.54) is 44.9 Å². The van der Waals surface area contributed by atoms with Crippen LogP contribution < -0.4 is 0 Å². The first-order valence-corrected chi connectivity index (χ1v) is 9.54. The van der Waals surface area contributed by atoms with E-state index in [4.69, 9.17) is 0 Å².